The third-order valence-corrected chi connectivity index (χ3v) is 1.58. The number of esters is 1. The fraction of sp³-hybridized carbons (Fsp3) is 0.571. The average molecular weight is 180 g/mol. The van der Waals surface area contributed by atoms with E-state index in [9.17, 15) is 18.0 Å². The van der Waals surface area contributed by atoms with Crippen molar-refractivity contribution < 1.29 is 22.7 Å². The standard InChI is InChI=1S/C7H7F3O2/c1-4-2-3-5(6(11)12-4)7(8,9)10/h2,5H,3H2,1H3. The Kier molecular flexibility index (Phi) is 2.12. The summed E-state index contributed by atoms with van der Waals surface area (Å²) >= 11 is 0. The van der Waals surface area contributed by atoms with Gasteiger partial charge in [-0.05, 0) is 19.4 Å². The summed E-state index contributed by atoms with van der Waals surface area (Å²) in [7, 11) is 0. The number of carbonyl (C=O) groups is 1. The number of hydrogen-bond donors (Lipinski definition) is 0. The van der Waals surface area contributed by atoms with Gasteiger partial charge < -0.3 is 4.74 Å². The summed E-state index contributed by atoms with van der Waals surface area (Å²) in [6.45, 7) is 1.45. The molecule has 2 nitrogen and oxygen atoms in total. The lowest BCUT2D eigenvalue weighted by molar-refractivity contribution is -0.196. The quantitative estimate of drug-likeness (QED) is 0.533. The van der Waals surface area contributed by atoms with E-state index in [4.69, 9.17) is 0 Å². The van der Waals surface area contributed by atoms with Crippen LogP contribution in [0.5, 0.6) is 0 Å². The summed E-state index contributed by atoms with van der Waals surface area (Å²) in [5.41, 5.74) is 0. The summed E-state index contributed by atoms with van der Waals surface area (Å²) in [6, 6.07) is 0. The Hall–Kier alpha value is -1.00. The minimum atomic E-state index is -4.49. The number of halogens is 3. The van der Waals surface area contributed by atoms with E-state index in [2.05, 4.69) is 4.74 Å². The molecule has 0 aromatic heterocycles. The average Bonchev–Trinajstić information content (AvgIpc) is 1.83. The number of cyclic esters (lactones) is 1. The number of alkyl halides is 3. The second-order valence-electron chi connectivity index (χ2n) is 2.57. The van der Waals surface area contributed by atoms with Gasteiger partial charge in [0.05, 0.1) is 0 Å². The van der Waals surface area contributed by atoms with E-state index in [1.165, 1.54) is 13.0 Å². The van der Waals surface area contributed by atoms with Gasteiger partial charge in [0.15, 0.2) is 5.92 Å². The maximum Gasteiger partial charge on any atom is 0.402 e. The van der Waals surface area contributed by atoms with E-state index >= 15 is 0 Å². The van der Waals surface area contributed by atoms with Crippen molar-refractivity contribution in [2.45, 2.75) is 19.5 Å². The molecular formula is C7H7F3O2. The maximum absolute atomic E-state index is 12.0. The molecule has 0 aromatic rings. The summed E-state index contributed by atoms with van der Waals surface area (Å²) in [4.78, 5) is 10.7. The fourth-order valence-electron chi connectivity index (χ4n) is 0.919. The largest absolute Gasteiger partial charge is 0.431 e. The van der Waals surface area contributed by atoms with E-state index in [1.54, 1.807) is 0 Å². The highest BCUT2D eigenvalue weighted by molar-refractivity contribution is 5.75. The Morgan fingerprint density at radius 1 is 1.58 bits per heavy atom. The Balaban J connectivity index is 2.77. The maximum atomic E-state index is 12.0. The molecule has 1 aliphatic rings. The number of hydrogen-bond acceptors (Lipinski definition) is 2. The number of rotatable bonds is 0. The van der Waals surface area contributed by atoms with E-state index in [0.29, 0.717) is 0 Å². The molecule has 1 heterocycles. The first-order valence-electron chi connectivity index (χ1n) is 3.36. The smallest absolute Gasteiger partial charge is 0.402 e. The third-order valence-electron chi connectivity index (χ3n) is 1.58. The predicted molar refractivity (Wildman–Crippen MR) is 34.0 cm³/mol. The third kappa shape index (κ3) is 1.78. The number of carbonyl (C=O) groups excluding carboxylic acids is 1. The zero-order valence-corrected chi connectivity index (χ0v) is 6.31. The molecule has 12 heavy (non-hydrogen) atoms. The van der Waals surface area contributed by atoms with Crippen molar-refractivity contribution in [3.05, 3.63) is 11.8 Å². The van der Waals surface area contributed by atoms with Crippen LogP contribution in [-0.4, -0.2) is 12.1 Å². The minimum Gasteiger partial charge on any atom is -0.431 e. The van der Waals surface area contributed by atoms with Gasteiger partial charge in [0, 0.05) is 0 Å². The van der Waals surface area contributed by atoms with Gasteiger partial charge >= 0.3 is 12.1 Å². The van der Waals surface area contributed by atoms with Crippen molar-refractivity contribution in [1.82, 2.24) is 0 Å². The highest BCUT2D eigenvalue weighted by Gasteiger charge is 2.46. The Morgan fingerprint density at radius 3 is 2.58 bits per heavy atom. The van der Waals surface area contributed by atoms with Crippen molar-refractivity contribution in [1.29, 1.82) is 0 Å². The lowest BCUT2D eigenvalue weighted by Gasteiger charge is -2.21. The second-order valence-corrected chi connectivity index (χ2v) is 2.57. The van der Waals surface area contributed by atoms with Crippen LogP contribution < -0.4 is 0 Å². The van der Waals surface area contributed by atoms with Gasteiger partial charge in [-0.2, -0.15) is 13.2 Å². The van der Waals surface area contributed by atoms with Crippen LogP contribution in [0.25, 0.3) is 0 Å². The molecule has 0 N–H and O–H groups in total. The first kappa shape index (κ1) is 9.09. The van der Waals surface area contributed by atoms with Crippen LogP contribution in [0.3, 0.4) is 0 Å². The van der Waals surface area contributed by atoms with Crippen molar-refractivity contribution in [3.8, 4) is 0 Å². The van der Waals surface area contributed by atoms with Gasteiger partial charge in [0.2, 0.25) is 0 Å². The number of ether oxygens (including phenoxy) is 1. The molecular weight excluding hydrogens is 173 g/mol. The minimum absolute atomic E-state index is 0.237. The molecule has 0 fully saturated rings. The van der Waals surface area contributed by atoms with Crippen LogP contribution in [0.4, 0.5) is 13.2 Å². The van der Waals surface area contributed by atoms with Gasteiger partial charge in [-0.1, -0.05) is 0 Å². The summed E-state index contributed by atoms with van der Waals surface area (Å²) in [5.74, 6) is -2.95. The molecule has 0 aliphatic carbocycles. The second kappa shape index (κ2) is 2.80. The molecule has 1 unspecified atom stereocenters. The molecule has 0 saturated heterocycles. The van der Waals surface area contributed by atoms with Gasteiger partial charge in [0.25, 0.3) is 0 Å². The first-order valence-corrected chi connectivity index (χ1v) is 3.36. The van der Waals surface area contributed by atoms with Crippen LogP contribution in [0.15, 0.2) is 11.8 Å². The number of allylic oxidation sites excluding steroid dienone is 2. The normalized spacial score (nSPS) is 24.8. The molecule has 0 spiro atoms. The lowest BCUT2D eigenvalue weighted by Crippen LogP contribution is -2.33. The highest BCUT2D eigenvalue weighted by atomic mass is 19.4. The van der Waals surface area contributed by atoms with E-state index in [0.717, 1.165) is 0 Å². The summed E-state index contributed by atoms with van der Waals surface area (Å²) in [6.07, 6.45) is -3.54. The molecule has 0 bridgehead atoms. The van der Waals surface area contributed by atoms with Crippen LogP contribution in [0, 0.1) is 5.92 Å². The van der Waals surface area contributed by atoms with Crippen molar-refractivity contribution in [2.24, 2.45) is 5.92 Å². The van der Waals surface area contributed by atoms with Crippen LogP contribution in [0.2, 0.25) is 0 Å². The zero-order chi connectivity index (χ0) is 9.35. The van der Waals surface area contributed by atoms with Gasteiger partial charge in [-0.3, -0.25) is 4.79 Å². The van der Waals surface area contributed by atoms with E-state index in [1.807, 2.05) is 0 Å². The van der Waals surface area contributed by atoms with Crippen molar-refractivity contribution >= 4 is 5.97 Å². The summed E-state index contributed by atoms with van der Waals surface area (Å²) < 4.78 is 40.3. The molecule has 0 aromatic carbocycles. The fourth-order valence-corrected chi connectivity index (χ4v) is 0.919. The van der Waals surface area contributed by atoms with Crippen molar-refractivity contribution in [3.63, 3.8) is 0 Å². The molecule has 1 aliphatic heterocycles. The molecule has 0 amide bonds. The molecule has 0 saturated carbocycles. The lowest BCUT2D eigenvalue weighted by atomic mass is 10.0. The van der Waals surface area contributed by atoms with Crippen molar-refractivity contribution in [2.75, 3.05) is 0 Å². The molecule has 0 radical (unpaired) electrons. The van der Waals surface area contributed by atoms with Gasteiger partial charge in [-0.25, -0.2) is 0 Å². The zero-order valence-electron chi connectivity index (χ0n) is 6.31. The SMILES string of the molecule is CC1=CCC(C(F)(F)F)C(=O)O1. The predicted octanol–water partition coefficient (Wildman–Crippen LogP) is 2.02. The van der Waals surface area contributed by atoms with E-state index in [-0.39, 0.29) is 12.2 Å². The van der Waals surface area contributed by atoms with Crippen LogP contribution >= 0.6 is 0 Å². The van der Waals surface area contributed by atoms with Gasteiger partial charge in [-0.15, -0.1) is 0 Å². The monoisotopic (exact) mass is 180 g/mol. The highest BCUT2D eigenvalue weighted by Crippen LogP contribution is 2.33. The van der Waals surface area contributed by atoms with Crippen LogP contribution in [0.1, 0.15) is 13.3 Å². The van der Waals surface area contributed by atoms with Gasteiger partial charge in [0.1, 0.15) is 5.76 Å². The molecule has 1 rings (SSSR count). The molecule has 68 valence electrons. The Morgan fingerprint density at radius 2 is 2.17 bits per heavy atom. The molecule has 5 heteroatoms. The Bertz CT molecular complexity index is 229. The molecule has 1 atom stereocenters. The van der Waals surface area contributed by atoms with Crippen LogP contribution in [-0.2, 0) is 9.53 Å². The Labute approximate surface area is 67.0 Å². The summed E-state index contributed by atoms with van der Waals surface area (Å²) in [5, 5.41) is 0. The first-order chi connectivity index (χ1) is 5.41. The van der Waals surface area contributed by atoms with E-state index < -0.39 is 18.1 Å². The topological polar surface area (TPSA) is 26.3 Å².